The first-order valence-corrected chi connectivity index (χ1v) is 7.50. The molecule has 0 atom stereocenters. The molecule has 0 radical (unpaired) electrons. The Morgan fingerprint density at radius 1 is 0.600 bits per heavy atom. The van der Waals surface area contributed by atoms with Crippen molar-refractivity contribution in [1.82, 2.24) is 0 Å². The maximum atomic E-state index is 14.4. The van der Waals surface area contributed by atoms with Crippen LogP contribution in [0.3, 0.4) is 0 Å². The fraction of sp³-hybridized carbons (Fsp3) is 0. The van der Waals surface area contributed by atoms with Crippen LogP contribution in [0.4, 0.5) is 17.6 Å². The zero-order valence-electron chi connectivity index (χ0n) is 14.3. The third-order valence-corrected chi connectivity index (χ3v) is 3.90. The van der Waals surface area contributed by atoms with Crippen LogP contribution < -0.4 is 10.4 Å². The molecule has 2 aromatic rings. The molecule has 2 aromatic carbocycles. The van der Waals surface area contributed by atoms with Crippen LogP contribution in [0.2, 0.25) is 0 Å². The van der Waals surface area contributed by atoms with Gasteiger partial charge >= 0.3 is 0 Å². The molecule has 140 valence electrons. The van der Waals surface area contributed by atoms with Gasteiger partial charge in [0.05, 0.1) is 34.4 Å². The van der Waals surface area contributed by atoms with Gasteiger partial charge in [-0.3, -0.25) is 0 Å². The molecule has 6 nitrogen and oxygen atoms in total. The molecule has 0 heterocycles. The van der Waals surface area contributed by atoms with Crippen LogP contribution in [0.25, 0.3) is 11.1 Å². The second kappa shape index (κ2) is 8.24. The summed E-state index contributed by atoms with van der Waals surface area (Å²) in [6.45, 7) is 0. The fourth-order valence-corrected chi connectivity index (χ4v) is 2.54. The third-order valence-electron chi connectivity index (χ3n) is 3.90. The van der Waals surface area contributed by atoms with Gasteiger partial charge in [-0.1, -0.05) is 0 Å². The first-order valence-electron chi connectivity index (χ1n) is 7.50. The number of rotatable bonds is 1. The van der Waals surface area contributed by atoms with E-state index in [1.807, 2.05) is 0 Å². The minimum atomic E-state index is -2.05. The summed E-state index contributed by atoms with van der Waals surface area (Å²) in [7, 11) is 0. The summed E-state index contributed by atoms with van der Waals surface area (Å²) < 4.78 is 56.8. The molecule has 0 saturated carbocycles. The molecule has 0 aromatic heterocycles. The highest BCUT2D eigenvalue weighted by molar-refractivity contribution is 5.80. The van der Waals surface area contributed by atoms with Crippen LogP contribution in [-0.4, -0.2) is 0 Å². The lowest BCUT2D eigenvalue weighted by Gasteiger charge is -2.08. The van der Waals surface area contributed by atoms with Gasteiger partial charge in [0.15, 0.2) is 23.3 Å². The van der Waals surface area contributed by atoms with E-state index in [9.17, 15) is 33.3 Å². The fourth-order valence-electron chi connectivity index (χ4n) is 2.54. The van der Waals surface area contributed by atoms with E-state index in [0.29, 0.717) is 0 Å². The topological polar surface area (TPSA) is 143 Å². The lowest BCUT2D eigenvalue weighted by molar-refractivity contribution is 0.447. The minimum Gasteiger partial charge on any atom is -0.203 e. The average molecular weight is 402 g/mol. The number of benzene rings is 2. The van der Waals surface area contributed by atoms with Crippen molar-refractivity contribution >= 4 is 11.1 Å². The van der Waals surface area contributed by atoms with Crippen molar-refractivity contribution in [2.24, 2.45) is 0 Å². The van der Waals surface area contributed by atoms with Gasteiger partial charge in [-0.25, -0.2) is 17.6 Å². The molecule has 0 N–H and O–H groups in total. The lowest BCUT2D eigenvalue weighted by Crippen LogP contribution is -2.22. The van der Waals surface area contributed by atoms with Crippen molar-refractivity contribution in [1.29, 1.82) is 31.6 Å². The number of nitrogens with zero attached hydrogens (tertiary/aromatic N) is 6. The molecular weight excluding hydrogens is 400 g/mol. The van der Waals surface area contributed by atoms with Gasteiger partial charge in [-0.15, -0.1) is 0 Å². The van der Waals surface area contributed by atoms with Gasteiger partial charge < -0.3 is 0 Å². The molecule has 0 amide bonds. The Balaban J connectivity index is 3.25. The quantitative estimate of drug-likeness (QED) is 0.525. The Hall–Kier alpha value is -5.16. The van der Waals surface area contributed by atoms with Crippen LogP contribution in [0.1, 0.15) is 22.3 Å². The Labute approximate surface area is 165 Å². The normalized spacial score (nSPS) is 10.3. The van der Waals surface area contributed by atoms with Gasteiger partial charge in [0.25, 0.3) is 0 Å². The predicted molar refractivity (Wildman–Crippen MR) is 88.9 cm³/mol. The summed E-state index contributed by atoms with van der Waals surface area (Å²) >= 11 is 0. The van der Waals surface area contributed by atoms with E-state index in [1.54, 1.807) is 12.1 Å². The first-order chi connectivity index (χ1) is 14.3. The number of nitriles is 6. The Kier molecular flexibility index (Phi) is 5.81. The van der Waals surface area contributed by atoms with E-state index < -0.39 is 61.9 Å². The SMILES string of the molecule is N#CC(C#N)=c1cc(C#N)/c(=C(/C#N)c2c(F)c(F)c(C#N)c(F)c2F)cc1C#N. The molecule has 0 aliphatic rings. The Bertz CT molecular complexity index is 1450. The van der Waals surface area contributed by atoms with Crippen LogP contribution in [-0.2, 0) is 0 Å². The monoisotopic (exact) mass is 402 g/mol. The molecule has 30 heavy (non-hydrogen) atoms. The van der Waals surface area contributed by atoms with Gasteiger partial charge in [0.1, 0.15) is 35.4 Å². The highest BCUT2D eigenvalue weighted by Gasteiger charge is 2.28. The molecule has 0 unspecified atom stereocenters. The third kappa shape index (κ3) is 3.15. The van der Waals surface area contributed by atoms with Gasteiger partial charge in [0, 0.05) is 10.4 Å². The summed E-state index contributed by atoms with van der Waals surface area (Å²) in [5, 5.41) is 53.8. The van der Waals surface area contributed by atoms with Crippen LogP contribution in [0.5, 0.6) is 0 Å². The molecule has 0 fully saturated rings. The van der Waals surface area contributed by atoms with Crippen molar-refractivity contribution < 1.29 is 17.6 Å². The van der Waals surface area contributed by atoms with Crippen LogP contribution >= 0.6 is 0 Å². The zero-order chi connectivity index (χ0) is 22.6. The maximum Gasteiger partial charge on any atom is 0.180 e. The van der Waals surface area contributed by atoms with E-state index in [-0.39, 0.29) is 5.22 Å². The zero-order valence-corrected chi connectivity index (χ0v) is 14.3. The molecule has 0 bridgehead atoms. The standard InChI is InChI=1S/C20H2F4N6/c21-17-15(8-30)18(22)20(24)16(19(17)23)14(7-29)13-2-9(3-25)12(1-10(13)4-26)11(5-27)6-28/h1-2H/b14-13-. The summed E-state index contributed by atoms with van der Waals surface area (Å²) in [4.78, 5) is 0. The lowest BCUT2D eigenvalue weighted by atomic mass is 9.95. The summed E-state index contributed by atoms with van der Waals surface area (Å²) in [5.41, 5.74) is -5.53. The van der Waals surface area contributed by atoms with E-state index in [0.717, 1.165) is 18.2 Å². The van der Waals surface area contributed by atoms with E-state index in [2.05, 4.69) is 0 Å². The van der Waals surface area contributed by atoms with Gasteiger partial charge in [0.2, 0.25) is 0 Å². The van der Waals surface area contributed by atoms with E-state index in [1.165, 1.54) is 18.2 Å². The van der Waals surface area contributed by atoms with Crippen molar-refractivity contribution in [3.63, 3.8) is 0 Å². The first kappa shape index (κ1) is 21.1. The number of hydrogen-bond acceptors (Lipinski definition) is 6. The second-order valence-corrected chi connectivity index (χ2v) is 5.37. The molecule has 0 aliphatic carbocycles. The summed E-state index contributed by atoms with van der Waals surface area (Å²) in [6.07, 6.45) is 0. The largest absolute Gasteiger partial charge is 0.203 e. The van der Waals surface area contributed by atoms with Gasteiger partial charge in [-0.05, 0) is 12.1 Å². The van der Waals surface area contributed by atoms with Crippen LogP contribution in [0, 0.1) is 91.3 Å². The molecule has 2 rings (SSSR count). The smallest absolute Gasteiger partial charge is 0.180 e. The number of hydrogen-bond donors (Lipinski definition) is 0. The Morgan fingerprint density at radius 2 is 1.07 bits per heavy atom. The van der Waals surface area contributed by atoms with Crippen molar-refractivity contribution in [2.75, 3.05) is 0 Å². The van der Waals surface area contributed by atoms with E-state index >= 15 is 0 Å². The molecule has 0 aliphatic heterocycles. The molecule has 10 heteroatoms. The van der Waals surface area contributed by atoms with Crippen molar-refractivity contribution in [3.05, 3.63) is 68.1 Å². The molecule has 0 saturated heterocycles. The predicted octanol–water partition coefficient (Wildman–Crippen LogP) is 1.78. The van der Waals surface area contributed by atoms with Crippen molar-refractivity contribution in [3.8, 4) is 36.4 Å². The second-order valence-electron chi connectivity index (χ2n) is 5.37. The van der Waals surface area contributed by atoms with E-state index in [4.69, 9.17) is 15.8 Å². The van der Waals surface area contributed by atoms with Crippen LogP contribution in [0.15, 0.2) is 12.1 Å². The number of halogens is 4. The van der Waals surface area contributed by atoms with Gasteiger partial charge in [-0.2, -0.15) is 31.6 Å². The maximum absolute atomic E-state index is 14.4. The molecular formula is C20H2F4N6. The summed E-state index contributed by atoms with van der Waals surface area (Å²) in [6, 6.07) is 10.1. The highest BCUT2D eigenvalue weighted by Crippen LogP contribution is 2.27. The van der Waals surface area contributed by atoms with Crippen molar-refractivity contribution in [2.45, 2.75) is 0 Å². The Morgan fingerprint density at radius 3 is 1.47 bits per heavy atom. The highest BCUT2D eigenvalue weighted by atomic mass is 19.2. The minimum absolute atomic E-state index is 0.279. The average Bonchev–Trinajstić information content (AvgIpc) is 2.76. The molecule has 0 spiro atoms. The summed E-state index contributed by atoms with van der Waals surface area (Å²) in [5.74, 6) is -8.18.